The molecule has 0 spiro atoms. The van der Waals surface area contributed by atoms with Crippen molar-refractivity contribution in [2.45, 2.75) is 70.8 Å². The number of hydrogen-bond acceptors (Lipinski definition) is 4. The molecule has 1 aliphatic rings. The van der Waals surface area contributed by atoms with Crippen LogP contribution in [0.5, 0.6) is 0 Å². The first-order valence-corrected chi connectivity index (χ1v) is 9.91. The van der Waals surface area contributed by atoms with Gasteiger partial charge in [0.05, 0.1) is 0 Å². The minimum atomic E-state index is 0.272. The van der Waals surface area contributed by atoms with Gasteiger partial charge in [-0.15, -0.1) is 0 Å². The molecule has 2 heterocycles. The van der Waals surface area contributed by atoms with E-state index in [4.69, 9.17) is 4.52 Å². The number of benzene rings is 1. The number of aromatic nitrogens is 2. The number of hydrogen-bond donors (Lipinski definition) is 0. The van der Waals surface area contributed by atoms with Crippen molar-refractivity contribution in [1.82, 2.24) is 15.0 Å². The predicted octanol–water partition coefficient (Wildman–Crippen LogP) is 3.97. The molecule has 0 bridgehead atoms. The second-order valence-electron chi connectivity index (χ2n) is 7.12. The van der Waals surface area contributed by atoms with Crippen molar-refractivity contribution >= 4 is 5.91 Å². The lowest BCUT2D eigenvalue weighted by Crippen LogP contribution is -2.35. The third-order valence-corrected chi connectivity index (χ3v) is 5.07. The maximum absolute atomic E-state index is 12.6. The van der Waals surface area contributed by atoms with Crippen molar-refractivity contribution in [2.24, 2.45) is 0 Å². The molecular formula is C21H29N3O2. The molecule has 1 fully saturated rings. The minimum absolute atomic E-state index is 0.272. The van der Waals surface area contributed by atoms with Gasteiger partial charge in [0.2, 0.25) is 11.8 Å². The minimum Gasteiger partial charge on any atom is -0.340 e. The number of carbonyl (C=O) groups is 1. The molecule has 2 aromatic rings. The Hall–Kier alpha value is -2.17. The summed E-state index contributed by atoms with van der Waals surface area (Å²) >= 11 is 0. The monoisotopic (exact) mass is 355 g/mol. The second-order valence-corrected chi connectivity index (χ2v) is 7.12. The molecule has 26 heavy (non-hydrogen) atoms. The summed E-state index contributed by atoms with van der Waals surface area (Å²) in [4.78, 5) is 19.1. The first kappa shape index (κ1) is 18.6. The van der Waals surface area contributed by atoms with Gasteiger partial charge in [0.25, 0.3) is 0 Å². The molecule has 1 aromatic carbocycles. The molecule has 1 saturated heterocycles. The molecule has 0 radical (unpaired) electrons. The van der Waals surface area contributed by atoms with E-state index in [2.05, 4.69) is 46.2 Å². The van der Waals surface area contributed by atoms with Crippen LogP contribution in [0.25, 0.3) is 0 Å². The second kappa shape index (κ2) is 9.51. The number of likely N-dealkylation sites (tertiary alicyclic amines) is 1. The van der Waals surface area contributed by atoms with Gasteiger partial charge < -0.3 is 9.42 Å². The van der Waals surface area contributed by atoms with Gasteiger partial charge in [0.1, 0.15) is 0 Å². The Kier molecular flexibility index (Phi) is 6.81. The molecule has 140 valence electrons. The molecule has 3 rings (SSSR count). The number of nitrogens with zero attached hydrogens (tertiary/aromatic N) is 3. The van der Waals surface area contributed by atoms with Gasteiger partial charge in [-0.25, -0.2) is 0 Å². The number of carbonyl (C=O) groups excluding carboxylic acids is 1. The highest BCUT2D eigenvalue weighted by Gasteiger charge is 2.27. The lowest BCUT2D eigenvalue weighted by Gasteiger charge is -2.25. The average molecular weight is 355 g/mol. The molecule has 5 heteroatoms. The van der Waals surface area contributed by atoms with Crippen molar-refractivity contribution in [2.75, 3.05) is 6.54 Å². The van der Waals surface area contributed by atoms with Crippen molar-refractivity contribution in [3.8, 4) is 0 Å². The highest BCUT2D eigenvalue weighted by atomic mass is 16.5. The Bertz CT molecular complexity index is 684. The molecule has 5 nitrogen and oxygen atoms in total. The van der Waals surface area contributed by atoms with Crippen molar-refractivity contribution in [3.63, 3.8) is 0 Å². The van der Waals surface area contributed by atoms with E-state index < -0.39 is 0 Å². The molecule has 1 unspecified atom stereocenters. The van der Waals surface area contributed by atoms with Gasteiger partial charge in [-0.05, 0) is 44.1 Å². The van der Waals surface area contributed by atoms with Gasteiger partial charge in [-0.3, -0.25) is 4.79 Å². The molecule has 0 N–H and O–H groups in total. The molecule has 0 saturated carbocycles. The van der Waals surface area contributed by atoms with Crippen LogP contribution < -0.4 is 0 Å². The summed E-state index contributed by atoms with van der Waals surface area (Å²) in [6.45, 7) is 3.00. The Balaban J connectivity index is 1.42. The number of amides is 1. The summed E-state index contributed by atoms with van der Waals surface area (Å²) in [7, 11) is 0. The van der Waals surface area contributed by atoms with Crippen LogP contribution in [0.4, 0.5) is 0 Å². The van der Waals surface area contributed by atoms with Gasteiger partial charge in [-0.2, -0.15) is 4.98 Å². The Labute approximate surface area is 155 Å². The summed E-state index contributed by atoms with van der Waals surface area (Å²) in [5.41, 5.74) is 1.35. The highest BCUT2D eigenvalue weighted by Crippen LogP contribution is 2.23. The predicted molar refractivity (Wildman–Crippen MR) is 101 cm³/mol. The van der Waals surface area contributed by atoms with E-state index >= 15 is 0 Å². The van der Waals surface area contributed by atoms with Crippen molar-refractivity contribution in [3.05, 3.63) is 47.6 Å². The van der Waals surface area contributed by atoms with Crippen LogP contribution in [0.2, 0.25) is 0 Å². The third kappa shape index (κ3) is 5.16. The topological polar surface area (TPSA) is 59.2 Å². The summed E-state index contributed by atoms with van der Waals surface area (Å²) < 4.78 is 5.25. The van der Waals surface area contributed by atoms with Crippen LogP contribution in [0, 0.1) is 0 Å². The van der Waals surface area contributed by atoms with Gasteiger partial charge >= 0.3 is 0 Å². The molecule has 1 amide bonds. The van der Waals surface area contributed by atoms with Crippen LogP contribution in [-0.4, -0.2) is 33.5 Å². The number of rotatable bonds is 9. The van der Waals surface area contributed by atoms with E-state index in [-0.39, 0.29) is 5.91 Å². The lowest BCUT2D eigenvalue weighted by atomic mass is 10.0. The maximum Gasteiger partial charge on any atom is 0.226 e. The molecule has 1 aromatic heterocycles. The largest absolute Gasteiger partial charge is 0.340 e. The highest BCUT2D eigenvalue weighted by molar-refractivity contribution is 5.76. The van der Waals surface area contributed by atoms with Gasteiger partial charge in [0, 0.05) is 31.8 Å². The van der Waals surface area contributed by atoms with E-state index in [1.807, 2.05) is 6.07 Å². The van der Waals surface area contributed by atoms with Crippen molar-refractivity contribution < 1.29 is 9.32 Å². The normalized spacial score (nSPS) is 17.0. The molecule has 1 atom stereocenters. The summed E-state index contributed by atoms with van der Waals surface area (Å²) in [5.74, 6) is 1.70. The fraction of sp³-hybridized carbons (Fsp3) is 0.571. The molecule has 0 aliphatic carbocycles. The summed E-state index contributed by atoms with van der Waals surface area (Å²) in [6, 6.07) is 10.9. The zero-order valence-corrected chi connectivity index (χ0v) is 15.7. The van der Waals surface area contributed by atoms with Crippen LogP contribution in [0.15, 0.2) is 34.9 Å². The van der Waals surface area contributed by atoms with E-state index in [9.17, 15) is 4.79 Å². The molecule has 1 aliphatic heterocycles. The Morgan fingerprint density at radius 2 is 2.08 bits per heavy atom. The fourth-order valence-corrected chi connectivity index (χ4v) is 3.69. The SMILES string of the molecule is CCCc1noc(CCCC(=O)N2CCCC2CCc2ccccc2)n1. The van der Waals surface area contributed by atoms with Crippen LogP contribution in [-0.2, 0) is 24.1 Å². The lowest BCUT2D eigenvalue weighted by molar-refractivity contribution is -0.132. The maximum atomic E-state index is 12.6. The standard InChI is InChI=1S/C21H29N3O2/c1-2-8-19-22-20(26-23-19)12-6-13-21(25)24-16-7-11-18(24)15-14-17-9-4-3-5-10-17/h3-5,9-10,18H,2,6-8,11-16H2,1H3. The first-order valence-electron chi connectivity index (χ1n) is 9.91. The smallest absolute Gasteiger partial charge is 0.226 e. The Morgan fingerprint density at radius 3 is 2.88 bits per heavy atom. The van der Waals surface area contributed by atoms with Crippen molar-refractivity contribution in [1.29, 1.82) is 0 Å². The van der Waals surface area contributed by atoms with Crippen LogP contribution in [0.1, 0.15) is 62.7 Å². The number of aryl methyl sites for hydroxylation is 3. The zero-order chi connectivity index (χ0) is 18.2. The van der Waals surface area contributed by atoms with E-state index in [0.717, 1.165) is 57.3 Å². The van der Waals surface area contributed by atoms with Crippen LogP contribution >= 0.6 is 0 Å². The van der Waals surface area contributed by atoms with E-state index in [0.29, 0.717) is 24.8 Å². The van der Waals surface area contributed by atoms with E-state index in [1.165, 1.54) is 5.56 Å². The Morgan fingerprint density at radius 1 is 1.23 bits per heavy atom. The quantitative estimate of drug-likeness (QED) is 0.683. The first-order chi connectivity index (χ1) is 12.8. The van der Waals surface area contributed by atoms with Crippen LogP contribution in [0.3, 0.4) is 0 Å². The van der Waals surface area contributed by atoms with Gasteiger partial charge in [0.15, 0.2) is 5.82 Å². The van der Waals surface area contributed by atoms with Gasteiger partial charge in [-0.1, -0.05) is 42.4 Å². The average Bonchev–Trinajstić information content (AvgIpc) is 3.30. The third-order valence-electron chi connectivity index (χ3n) is 5.07. The molecular weight excluding hydrogens is 326 g/mol. The summed E-state index contributed by atoms with van der Waals surface area (Å²) in [5, 5.41) is 3.96. The fourth-order valence-electron chi connectivity index (χ4n) is 3.69. The van der Waals surface area contributed by atoms with E-state index in [1.54, 1.807) is 0 Å². The zero-order valence-electron chi connectivity index (χ0n) is 15.7. The summed E-state index contributed by atoms with van der Waals surface area (Å²) in [6.07, 6.45) is 8.22.